The third-order valence-electron chi connectivity index (χ3n) is 3.30. The molecule has 23 heavy (non-hydrogen) atoms. The number of aromatic nitrogens is 5. The molecule has 118 valence electrons. The number of hydrogen-bond donors (Lipinski definition) is 0. The van der Waals surface area contributed by atoms with E-state index in [0.29, 0.717) is 21.6 Å². The highest BCUT2D eigenvalue weighted by molar-refractivity contribution is 6.42. The summed E-state index contributed by atoms with van der Waals surface area (Å²) in [6.45, 7) is 0.263. The van der Waals surface area contributed by atoms with Crippen molar-refractivity contribution in [3.05, 3.63) is 56.6 Å². The molecule has 0 atom stereocenters. The summed E-state index contributed by atoms with van der Waals surface area (Å²) in [5.41, 5.74) is 1.39. The Hall–Kier alpha value is -2.45. The average Bonchev–Trinajstić information content (AvgIpc) is 3.10. The standard InChI is InChI=1S/C13H10Cl2N6O2/c1-19-12(16-5-13(19)21(22)23)7-20-6-11(17-18-20)8-2-3-9(14)10(15)4-8/h2-6H,7H2,1H3. The molecule has 10 heteroatoms. The lowest BCUT2D eigenvalue weighted by Gasteiger charge is -1.99. The Bertz CT molecular complexity index is 888. The van der Waals surface area contributed by atoms with Gasteiger partial charge in [0, 0.05) is 5.56 Å². The van der Waals surface area contributed by atoms with Crippen LogP contribution in [-0.2, 0) is 13.6 Å². The molecular formula is C13H10Cl2N6O2. The van der Waals surface area contributed by atoms with E-state index in [4.69, 9.17) is 23.2 Å². The number of hydrogen-bond acceptors (Lipinski definition) is 5. The summed E-state index contributed by atoms with van der Waals surface area (Å²) < 4.78 is 2.95. The van der Waals surface area contributed by atoms with Crippen LogP contribution >= 0.6 is 23.2 Å². The first-order valence-electron chi connectivity index (χ1n) is 6.46. The molecule has 0 spiro atoms. The van der Waals surface area contributed by atoms with Gasteiger partial charge in [0.2, 0.25) is 5.82 Å². The van der Waals surface area contributed by atoms with Crippen molar-refractivity contribution < 1.29 is 4.92 Å². The van der Waals surface area contributed by atoms with Crippen LogP contribution in [0.3, 0.4) is 0 Å². The fraction of sp³-hybridized carbons (Fsp3) is 0.154. The zero-order valence-corrected chi connectivity index (χ0v) is 13.4. The van der Waals surface area contributed by atoms with Gasteiger partial charge in [0.15, 0.2) is 0 Å². The van der Waals surface area contributed by atoms with Crippen molar-refractivity contribution in [1.82, 2.24) is 24.5 Å². The van der Waals surface area contributed by atoms with Gasteiger partial charge in [-0.25, -0.2) is 14.2 Å². The minimum Gasteiger partial charge on any atom is -0.358 e. The van der Waals surface area contributed by atoms with E-state index in [-0.39, 0.29) is 12.4 Å². The van der Waals surface area contributed by atoms with Gasteiger partial charge in [0.05, 0.1) is 23.3 Å². The van der Waals surface area contributed by atoms with Crippen molar-refractivity contribution in [2.75, 3.05) is 0 Å². The van der Waals surface area contributed by atoms with E-state index in [1.807, 2.05) is 0 Å². The van der Waals surface area contributed by atoms with E-state index in [1.54, 1.807) is 36.1 Å². The molecule has 0 radical (unpaired) electrons. The normalized spacial score (nSPS) is 10.9. The zero-order chi connectivity index (χ0) is 16.6. The molecule has 8 nitrogen and oxygen atoms in total. The maximum Gasteiger partial charge on any atom is 0.342 e. The summed E-state index contributed by atoms with van der Waals surface area (Å²) in [5.74, 6) is 0.423. The molecule has 3 rings (SSSR count). The summed E-state index contributed by atoms with van der Waals surface area (Å²) in [6.07, 6.45) is 2.92. The molecule has 0 fully saturated rings. The summed E-state index contributed by atoms with van der Waals surface area (Å²) >= 11 is 11.9. The maximum atomic E-state index is 10.8. The van der Waals surface area contributed by atoms with Crippen molar-refractivity contribution in [1.29, 1.82) is 0 Å². The van der Waals surface area contributed by atoms with Gasteiger partial charge >= 0.3 is 5.82 Å². The molecule has 0 aliphatic rings. The van der Waals surface area contributed by atoms with Crippen LogP contribution in [0.5, 0.6) is 0 Å². The molecule has 3 aromatic rings. The second kappa shape index (κ2) is 5.98. The molecule has 0 bridgehead atoms. The first-order chi connectivity index (χ1) is 11.0. The molecule has 0 amide bonds. The first kappa shape index (κ1) is 15.4. The molecule has 0 aliphatic carbocycles. The van der Waals surface area contributed by atoms with E-state index in [2.05, 4.69) is 15.3 Å². The van der Waals surface area contributed by atoms with Crippen molar-refractivity contribution in [3.63, 3.8) is 0 Å². The first-order valence-corrected chi connectivity index (χ1v) is 7.22. The van der Waals surface area contributed by atoms with E-state index < -0.39 is 4.92 Å². The number of benzene rings is 1. The summed E-state index contributed by atoms with van der Waals surface area (Å²) in [5, 5.41) is 19.8. The van der Waals surface area contributed by atoms with Crippen LogP contribution in [0.1, 0.15) is 5.82 Å². The van der Waals surface area contributed by atoms with Crippen LogP contribution < -0.4 is 0 Å². The highest BCUT2D eigenvalue weighted by Gasteiger charge is 2.17. The van der Waals surface area contributed by atoms with Gasteiger partial charge < -0.3 is 10.1 Å². The zero-order valence-electron chi connectivity index (χ0n) is 11.8. The Labute approximate surface area is 140 Å². The lowest BCUT2D eigenvalue weighted by atomic mass is 10.2. The predicted octanol–water partition coefficient (Wildman–Crippen LogP) is 2.94. The molecule has 2 aromatic heterocycles. The van der Waals surface area contributed by atoms with Crippen LogP contribution in [0, 0.1) is 10.1 Å². The lowest BCUT2D eigenvalue weighted by Crippen LogP contribution is -2.08. The van der Waals surface area contributed by atoms with E-state index in [1.165, 1.54) is 10.8 Å². The smallest absolute Gasteiger partial charge is 0.342 e. The monoisotopic (exact) mass is 352 g/mol. The minimum absolute atomic E-state index is 0.0789. The number of nitrogens with zero attached hydrogens (tertiary/aromatic N) is 6. The highest BCUT2D eigenvalue weighted by atomic mass is 35.5. The van der Waals surface area contributed by atoms with Gasteiger partial charge in [-0.2, -0.15) is 0 Å². The van der Waals surface area contributed by atoms with Gasteiger partial charge in [0.1, 0.15) is 18.4 Å². The largest absolute Gasteiger partial charge is 0.358 e. The molecule has 1 aromatic carbocycles. The van der Waals surface area contributed by atoms with Gasteiger partial charge in [-0.3, -0.25) is 0 Å². The van der Waals surface area contributed by atoms with Crippen LogP contribution in [0.15, 0.2) is 30.6 Å². The second-order valence-electron chi connectivity index (χ2n) is 4.78. The van der Waals surface area contributed by atoms with E-state index >= 15 is 0 Å². The number of imidazole rings is 1. The van der Waals surface area contributed by atoms with Crippen LogP contribution in [0.25, 0.3) is 11.3 Å². The summed E-state index contributed by atoms with van der Waals surface area (Å²) in [6, 6.07) is 5.17. The Morgan fingerprint density at radius 1 is 1.30 bits per heavy atom. The number of halogens is 2. The van der Waals surface area contributed by atoms with Gasteiger partial charge in [0.25, 0.3) is 0 Å². The number of nitro groups is 1. The average molecular weight is 353 g/mol. The highest BCUT2D eigenvalue weighted by Crippen LogP contribution is 2.27. The fourth-order valence-corrected chi connectivity index (χ4v) is 2.36. The Kier molecular flexibility index (Phi) is 4.01. The quantitative estimate of drug-likeness (QED) is 0.531. The topological polar surface area (TPSA) is 91.7 Å². The molecule has 0 aliphatic heterocycles. The Balaban J connectivity index is 1.85. The van der Waals surface area contributed by atoms with Crippen molar-refractivity contribution in [2.24, 2.45) is 7.05 Å². The van der Waals surface area contributed by atoms with Crippen LogP contribution in [0.4, 0.5) is 5.82 Å². The van der Waals surface area contributed by atoms with Gasteiger partial charge in [-0.15, -0.1) is 5.10 Å². The summed E-state index contributed by atoms with van der Waals surface area (Å²) in [7, 11) is 1.58. The third-order valence-corrected chi connectivity index (χ3v) is 4.04. The third kappa shape index (κ3) is 3.03. The molecule has 0 saturated carbocycles. The van der Waals surface area contributed by atoms with Crippen molar-refractivity contribution in [2.45, 2.75) is 6.54 Å². The van der Waals surface area contributed by atoms with Crippen LogP contribution in [0.2, 0.25) is 10.0 Å². The molecule has 0 unspecified atom stereocenters. The van der Waals surface area contributed by atoms with Gasteiger partial charge in [-0.05, 0) is 17.1 Å². The molecule has 2 heterocycles. The van der Waals surface area contributed by atoms with Crippen molar-refractivity contribution in [3.8, 4) is 11.3 Å². The summed E-state index contributed by atoms with van der Waals surface area (Å²) in [4.78, 5) is 14.4. The second-order valence-corrected chi connectivity index (χ2v) is 5.59. The molecule has 0 saturated heterocycles. The lowest BCUT2D eigenvalue weighted by molar-refractivity contribution is -0.391. The maximum absolute atomic E-state index is 10.8. The Morgan fingerprint density at radius 3 is 2.74 bits per heavy atom. The van der Waals surface area contributed by atoms with Crippen LogP contribution in [-0.4, -0.2) is 29.5 Å². The van der Waals surface area contributed by atoms with E-state index in [0.717, 1.165) is 5.56 Å². The SMILES string of the molecule is Cn1c([N+](=O)[O-])cnc1Cn1cc(-c2ccc(Cl)c(Cl)c2)nn1. The van der Waals surface area contributed by atoms with Gasteiger partial charge in [-0.1, -0.05) is 34.5 Å². The molecule has 0 N–H and O–H groups in total. The fourth-order valence-electron chi connectivity index (χ4n) is 2.06. The predicted molar refractivity (Wildman–Crippen MR) is 84.4 cm³/mol. The van der Waals surface area contributed by atoms with E-state index in [9.17, 15) is 10.1 Å². The Morgan fingerprint density at radius 2 is 2.09 bits per heavy atom. The van der Waals surface area contributed by atoms with Crippen molar-refractivity contribution >= 4 is 29.0 Å². The number of rotatable bonds is 4. The molecular weight excluding hydrogens is 343 g/mol. The minimum atomic E-state index is -0.487.